The minimum Gasteiger partial charge on any atom is -0.374 e. The molecule has 0 saturated heterocycles. The Labute approximate surface area is 285 Å². The van der Waals surface area contributed by atoms with Gasteiger partial charge < -0.3 is 19.8 Å². The van der Waals surface area contributed by atoms with Crippen LogP contribution in [0.1, 0.15) is 41.4 Å². The van der Waals surface area contributed by atoms with E-state index in [1.807, 2.05) is 0 Å². The molecule has 1 aliphatic heterocycles. The summed E-state index contributed by atoms with van der Waals surface area (Å²) in [6.07, 6.45) is 5.75. The van der Waals surface area contributed by atoms with Gasteiger partial charge in [-0.05, 0) is 89.7 Å². The van der Waals surface area contributed by atoms with Gasteiger partial charge in [0.2, 0.25) is 0 Å². The summed E-state index contributed by atoms with van der Waals surface area (Å²) < 4.78 is 4.91. The van der Waals surface area contributed by atoms with Gasteiger partial charge in [-0.25, -0.2) is 0 Å². The fourth-order valence-electron chi connectivity index (χ4n) is 8.28. The summed E-state index contributed by atoms with van der Waals surface area (Å²) >= 11 is 0. The molecule has 3 atom stereocenters. The van der Waals surface area contributed by atoms with Crippen molar-refractivity contribution in [2.75, 3.05) is 10.6 Å². The Kier molecular flexibility index (Phi) is 6.32. The van der Waals surface area contributed by atoms with E-state index in [1.54, 1.807) is 0 Å². The van der Waals surface area contributed by atoms with Gasteiger partial charge in [0, 0.05) is 33.2 Å². The first-order valence-electron chi connectivity index (χ1n) is 17.3. The fraction of sp³-hybridized carbons (Fsp3) is 0.111. The van der Waals surface area contributed by atoms with E-state index in [0.29, 0.717) is 5.92 Å². The summed E-state index contributed by atoms with van der Waals surface area (Å²) in [6.45, 7) is 2.32. The number of para-hydroxylation sites is 4. The molecule has 4 heteroatoms. The van der Waals surface area contributed by atoms with Crippen LogP contribution in [0.25, 0.3) is 50.2 Å². The van der Waals surface area contributed by atoms with Gasteiger partial charge in [-0.3, -0.25) is 0 Å². The van der Waals surface area contributed by atoms with Crippen molar-refractivity contribution in [3.8, 4) is 11.4 Å². The van der Waals surface area contributed by atoms with Gasteiger partial charge >= 0.3 is 0 Å². The third-order valence-corrected chi connectivity index (χ3v) is 10.6. The van der Waals surface area contributed by atoms with E-state index in [-0.39, 0.29) is 12.1 Å². The monoisotopic (exact) mass is 632 g/mol. The van der Waals surface area contributed by atoms with Crippen LogP contribution in [-0.2, 0) is 6.42 Å². The lowest BCUT2D eigenvalue weighted by Crippen LogP contribution is -2.30. The first-order valence-corrected chi connectivity index (χ1v) is 17.3. The van der Waals surface area contributed by atoms with Crippen LogP contribution in [0, 0.1) is 5.92 Å². The van der Waals surface area contributed by atoms with Gasteiger partial charge in [-0.15, -0.1) is 0 Å². The number of hydrogen-bond acceptors (Lipinski definition) is 2. The van der Waals surface area contributed by atoms with Crippen molar-refractivity contribution in [2.45, 2.75) is 25.4 Å². The Balaban J connectivity index is 1.15. The average Bonchev–Trinajstić information content (AvgIpc) is 3.65. The molecule has 6 aromatic carbocycles. The lowest BCUT2D eigenvalue weighted by Gasteiger charge is -2.37. The van der Waals surface area contributed by atoms with E-state index in [2.05, 4.69) is 184 Å². The highest BCUT2D eigenvalue weighted by atomic mass is 15.1. The van der Waals surface area contributed by atoms with Crippen molar-refractivity contribution in [1.82, 2.24) is 9.13 Å². The van der Waals surface area contributed by atoms with Crippen LogP contribution in [0.5, 0.6) is 0 Å². The molecule has 2 unspecified atom stereocenters. The maximum atomic E-state index is 3.87. The van der Waals surface area contributed by atoms with Crippen molar-refractivity contribution in [1.29, 1.82) is 0 Å². The zero-order valence-electron chi connectivity index (χ0n) is 27.3. The summed E-state index contributed by atoms with van der Waals surface area (Å²) in [6, 6.07) is 53.1. The second kappa shape index (κ2) is 11.0. The van der Waals surface area contributed by atoms with Crippen LogP contribution in [-0.4, -0.2) is 9.13 Å². The normalized spacial score (nSPS) is 18.3. The molecule has 2 aliphatic rings. The molecule has 0 saturated carbocycles. The second-order valence-corrected chi connectivity index (χ2v) is 13.6. The highest BCUT2D eigenvalue weighted by Crippen LogP contribution is 2.44. The van der Waals surface area contributed by atoms with Crippen LogP contribution >= 0.6 is 0 Å². The van der Waals surface area contributed by atoms with Gasteiger partial charge in [0.15, 0.2) is 0 Å². The zero-order valence-corrected chi connectivity index (χ0v) is 27.3. The number of aromatic nitrogens is 2. The minimum absolute atomic E-state index is 0.0728. The molecule has 1 aliphatic carbocycles. The Hall–Kier alpha value is -6.00. The van der Waals surface area contributed by atoms with E-state index in [0.717, 1.165) is 17.8 Å². The summed E-state index contributed by atoms with van der Waals surface area (Å²) in [5.41, 5.74) is 13.6. The number of rotatable bonds is 4. The quantitative estimate of drug-likeness (QED) is 0.202. The van der Waals surface area contributed by atoms with E-state index in [1.165, 1.54) is 66.5 Å². The van der Waals surface area contributed by atoms with Gasteiger partial charge in [0.05, 0.1) is 40.0 Å². The molecule has 0 radical (unpaired) electrons. The number of benzene rings is 6. The molecule has 236 valence electrons. The molecule has 0 spiro atoms. The predicted molar refractivity (Wildman–Crippen MR) is 205 cm³/mol. The lowest BCUT2D eigenvalue weighted by atomic mass is 9.90. The first-order chi connectivity index (χ1) is 24.2. The van der Waals surface area contributed by atoms with Crippen molar-refractivity contribution < 1.29 is 0 Å². The number of nitrogens with one attached hydrogen (secondary N) is 2. The first kappa shape index (κ1) is 28.1. The molecule has 0 amide bonds. The molecular formula is C45H36N4. The Bertz CT molecular complexity index is 2540. The van der Waals surface area contributed by atoms with E-state index in [9.17, 15) is 0 Å². The lowest BCUT2D eigenvalue weighted by molar-refractivity contribution is 0.636. The van der Waals surface area contributed by atoms with Gasteiger partial charge in [0.1, 0.15) is 0 Å². The van der Waals surface area contributed by atoms with Crippen LogP contribution in [0.2, 0.25) is 0 Å². The molecule has 8 aromatic rings. The van der Waals surface area contributed by atoms with E-state index >= 15 is 0 Å². The summed E-state index contributed by atoms with van der Waals surface area (Å²) in [7, 11) is 0. The molecule has 4 nitrogen and oxygen atoms in total. The molecule has 0 fully saturated rings. The average molecular weight is 633 g/mol. The SMILES string of the molecule is CC1C=Cc2c(c3cc4c5ccccc5n(-c5ccccc5)c4cc3n2-c2ccc(C3Nc4ccccc4N[C@@H]3c3ccccc3)cc2)C1. The number of allylic oxidation sites excluding steroid dienone is 1. The van der Waals surface area contributed by atoms with Crippen molar-refractivity contribution in [3.05, 3.63) is 174 Å². The second-order valence-electron chi connectivity index (χ2n) is 13.6. The number of anilines is 2. The Morgan fingerprint density at radius 2 is 1.10 bits per heavy atom. The molecule has 0 bridgehead atoms. The van der Waals surface area contributed by atoms with Gasteiger partial charge in [-0.2, -0.15) is 0 Å². The highest BCUT2D eigenvalue weighted by Gasteiger charge is 2.30. The van der Waals surface area contributed by atoms with Crippen molar-refractivity contribution in [3.63, 3.8) is 0 Å². The fourth-order valence-corrected chi connectivity index (χ4v) is 8.28. The molecular weight excluding hydrogens is 597 g/mol. The van der Waals surface area contributed by atoms with Crippen molar-refractivity contribution in [2.24, 2.45) is 5.92 Å². The molecule has 2 aromatic heterocycles. The van der Waals surface area contributed by atoms with Crippen LogP contribution in [0.3, 0.4) is 0 Å². The maximum absolute atomic E-state index is 3.87. The topological polar surface area (TPSA) is 33.9 Å². The van der Waals surface area contributed by atoms with Crippen LogP contribution in [0.15, 0.2) is 152 Å². The van der Waals surface area contributed by atoms with Crippen molar-refractivity contribution >= 4 is 50.2 Å². The van der Waals surface area contributed by atoms with Crippen LogP contribution < -0.4 is 10.6 Å². The zero-order chi connectivity index (χ0) is 32.5. The Morgan fingerprint density at radius 1 is 0.510 bits per heavy atom. The third-order valence-electron chi connectivity index (χ3n) is 10.6. The summed E-state index contributed by atoms with van der Waals surface area (Å²) in [5.74, 6) is 0.498. The molecule has 3 heterocycles. The summed E-state index contributed by atoms with van der Waals surface area (Å²) in [4.78, 5) is 0. The van der Waals surface area contributed by atoms with Gasteiger partial charge in [0.25, 0.3) is 0 Å². The van der Waals surface area contributed by atoms with E-state index in [4.69, 9.17) is 0 Å². The van der Waals surface area contributed by atoms with Gasteiger partial charge in [-0.1, -0.05) is 104 Å². The summed E-state index contributed by atoms with van der Waals surface area (Å²) in [5, 5.41) is 11.6. The standard InChI is InChI=1S/C45H36N4/c1-29-20-25-41-35(26-29)37-27-36-34-16-8-11-19-40(34)48(32-14-6-3-7-15-32)42(36)28-43(37)49(41)33-23-21-31(22-24-33)45-44(30-12-4-2-5-13-30)46-38-17-9-10-18-39(38)47-45/h2-25,27-29,44-47H,26H2,1H3/t29?,44-,45?/m1/s1. The Morgan fingerprint density at radius 3 is 1.84 bits per heavy atom. The number of hydrogen-bond donors (Lipinski definition) is 2. The molecule has 49 heavy (non-hydrogen) atoms. The largest absolute Gasteiger partial charge is 0.374 e. The highest BCUT2D eigenvalue weighted by molar-refractivity contribution is 6.14. The molecule has 10 rings (SSSR count). The number of nitrogens with zero attached hydrogens (tertiary/aromatic N) is 2. The molecule has 2 N–H and O–H groups in total. The smallest absolute Gasteiger partial charge is 0.0758 e. The number of fused-ring (bicyclic) bond motifs is 7. The minimum atomic E-state index is 0.0728. The third kappa shape index (κ3) is 4.44. The maximum Gasteiger partial charge on any atom is 0.0758 e. The van der Waals surface area contributed by atoms with Crippen LogP contribution in [0.4, 0.5) is 11.4 Å². The predicted octanol–water partition coefficient (Wildman–Crippen LogP) is 11.3. The van der Waals surface area contributed by atoms with E-state index < -0.39 is 0 Å².